The smallest absolute Gasteiger partial charge is 0.187 e. The Balaban J connectivity index is 1.62. The summed E-state index contributed by atoms with van der Waals surface area (Å²) in [5, 5.41) is 77.1. The lowest BCUT2D eigenvalue weighted by Gasteiger charge is -2.55. The van der Waals surface area contributed by atoms with E-state index >= 15 is 0 Å². The van der Waals surface area contributed by atoms with Crippen molar-refractivity contribution in [3.05, 3.63) is 46.6 Å². The van der Waals surface area contributed by atoms with Crippen molar-refractivity contribution in [1.82, 2.24) is 0 Å². The zero-order valence-corrected chi connectivity index (χ0v) is 33.9. The first-order valence-electron chi connectivity index (χ1n) is 19.7. The van der Waals surface area contributed by atoms with E-state index in [1.54, 1.807) is 6.92 Å². The van der Waals surface area contributed by atoms with Gasteiger partial charge < -0.3 is 54.7 Å². The van der Waals surface area contributed by atoms with Crippen LogP contribution >= 0.6 is 0 Å². The van der Waals surface area contributed by atoms with Gasteiger partial charge in [0.05, 0.1) is 35.9 Å². The predicted molar refractivity (Wildman–Crippen MR) is 203 cm³/mol. The van der Waals surface area contributed by atoms with E-state index in [1.165, 1.54) is 6.92 Å². The maximum atomic E-state index is 14.3. The number of carbonyl (C=O) groups is 1. The molecule has 2 aliphatic heterocycles. The zero-order chi connectivity index (χ0) is 40.4. The van der Waals surface area contributed by atoms with Crippen molar-refractivity contribution in [2.24, 2.45) is 23.2 Å². The summed E-state index contributed by atoms with van der Waals surface area (Å²) in [6.45, 7) is 18.7. The number of aliphatic hydroxyl groups excluding tert-OH is 6. The molecule has 0 amide bonds. The third kappa shape index (κ3) is 9.31. The average molecular weight is 765 g/mol. The van der Waals surface area contributed by atoms with Crippen LogP contribution in [0.4, 0.5) is 0 Å². The first kappa shape index (κ1) is 44.9. The van der Waals surface area contributed by atoms with Crippen molar-refractivity contribution >= 4 is 5.78 Å². The van der Waals surface area contributed by atoms with Gasteiger partial charge in [0.15, 0.2) is 12.6 Å². The number of ketones is 1. The topological polar surface area (TPSA) is 196 Å². The summed E-state index contributed by atoms with van der Waals surface area (Å²) >= 11 is 0. The fraction of sp³-hybridized carbons (Fsp3) is 0.786. The molecule has 2 aliphatic carbocycles. The molecule has 0 radical (unpaired) electrons. The van der Waals surface area contributed by atoms with Gasteiger partial charge in [-0.3, -0.25) is 4.79 Å². The van der Waals surface area contributed by atoms with Crippen molar-refractivity contribution in [3.8, 4) is 0 Å². The van der Waals surface area contributed by atoms with Gasteiger partial charge in [-0.15, -0.1) is 0 Å². The van der Waals surface area contributed by atoms with Crippen molar-refractivity contribution < 1.29 is 59.5 Å². The molecule has 2 heterocycles. The van der Waals surface area contributed by atoms with Crippen molar-refractivity contribution in [2.45, 2.75) is 187 Å². The van der Waals surface area contributed by atoms with Crippen molar-refractivity contribution in [3.63, 3.8) is 0 Å². The lowest BCUT2D eigenvalue weighted by Crippen LogP contribution is -2.63. The molecule has 4 rings (SSSR count). The monoisotopic (exact) mass is 764 g/mol. The molecule has 0 aromatic carbocycles. The van der Waals surface area contributed by atoms with Crippen LogP contribution in [-0.2, 0) is 23.7 Å². The molecule has 0 bridgehead atoms. The molecular formula is C42H68O12. The van der Waals surface area contributed by atoms with Gasteiger partial charge in [0.1, 0.15) is 42.4 Å². The molecule has 0 aromatic heterocycles. The second kappa shape index (κ2) is 18.2. The fourth-order valence-corrected chi connectivity index (χ4v) is 8.98. The molecule has 2 saturated carbocycles. The SMILES string of the molecule is CC(C)=CCC(O)/C(C)=C/C[C@]1(O)[C@@H](/C=C(\C)C(CC=C(C)C)O[C@@H]2O[C@H](C)[C@H](O[C@@H]3O[C@@H](C)[C@H](O)[C@@H](O)[C@H]3O)[C@H](O)[C@H]2O)C(=O)[C@@H](C)[C@@H]2CCC[C@@]21C. The van der Waals surface area contributed by atoms with Crippen molar-refractivity contribution in [2.75, 3.05) is 0 Å². The Morgan fingerprint density at radius 2 is 1.41 bits per heavy atom. The summed E-state index contributed by atoms with van der Waals surface area (Å²) in [6, 6.07) is 0. The van der Waals surface area contributed by atoms with Crippen LogP contribution in [0.15, 0.2) is 46.6 Å². The quantitative estimate of drug-likeness (QED) is 0.134. The standard InChI is InChI=1S/C42H68O12/c1-21(2)13-15-30(43)23(5)17-19-42(50)29(32(44)25(7)28-12-11-18-41(28,42)10)20-24(6)31(16-14-22(3)4)53-39-37(49)35(47)38(27(9)52-39)54-40-36(48)34(46)33(45)26(8)51-40/h13-14,17,20,25-31,33-40,43,45-50H,11-12,15-16,18-19H2,1-10H3/b23-17+,24-20+/t25-,26-,27+,28-,29-,30?,31?,33-,34+,35+,36+,37+,38-,39-,40-,41-,42-/m0/s1. The largest absolute Gasteiger partial charge is 0.388 e. The highest BCUT2D eigenvalue weighted by atomic mass is 16.7. The van der Waals surface area contributed by atoms with Gasteiger partial charge >= 0.3 is 0 Å². The van der Waals surface area contributed by atoms with E-state index in [9.17, 15) is 40.5 Å². The molecular weight excluding hydrogens is 696 g/mol. The molecule has 12 nitrogen and oxygen atoms in total. The summed E-state index contributed by atoms with van der Waals surface area (Å²) in [7, 11) is 0. The summed E-state index contributed by atoms with van der Waals surface area (Å²) in [5.41, 5.74) is 1.51. The second-order valence-corrected chi connectivity index (χ2v) is 17.2. The highest BCUT2D eigenvalue weighted by Crippen LogP contribution is 2.61. The number of allylic oxidation sites excluding steroid dienone is 2. The number of hydrogen-bond donors (Lipinski definition) is 7. The molecule has 308 valence electrons. The summed E-state index contributed by atoms with van der Waals surface area (Å²) in [6.07, 6.45) is -3.53. The van der Waals surface area contributed by atoms with Gasteiger partial charge in [-0.1, -0.05) is 55.7 Å². The maximum Gasteiger partial charge on any atom is 0.187 e. The van der Waals surface area contributed by atoms with E-state index < -0.39 is 90.6 Å². The van der Waals surface area contributed by atoms with Gasteiger partial charge in [-0.05, 0) is 105 Å². The molecule has 7 N–H and O–H groups in total. The number of aliphatic hydroxyl groups is 7. The van der Waals surface area contributed by atoms with Crippen LogP contribution in [-0.4, -0.2) is 121 Å². The highest BCUT2D eigenvalue weighted by molar-refractivity contribution is 5.88. The Morgan fingerprint density at radius 3 is 2.04 bits per heavy atom. The number of carbonyl (C=O) groups excluding carboxylic acids is 1. The van der Waals surface area contributed by atoms with Gasteiger partial charge in [-0.2, -0.15) is 0 Å². The molecule has 4 aliphatic rings. The van der Waals surface area contributed by atoms with Crippen LogP contribution in [0, 0.1) is 23.2 Å². The maximum absolute atomic E-state index is 14.3. The minimum atomic E-state index is -1.61. The van der Waals surface area contributed by atoms with Crippen LogP contribution < -0.4 is 0 Å². The molecule has 12 heteroatoms. The number of rotatable bonds is 13. The van der Waals surface area contributed by atoms with Crippen LogP contribution in [0.5, 0.6) is 0 Å². The summed E-state index contributed by atoms with van der Waals surface area (Å²) in [4.78, 5) is 14.3. The molecule has 2 saturated heterocycles. The highest BCUT2D eigenvalue weighted by Gasteiger charge is 2.64. The van der Waals surface area contributed by atoms with Gasteiger partial charge in [0.25, 0.3) is 0 Å². The van der Waals surface area contributed by atoms with Crippen LogP contribution in [0.25, 0.3) is 0 Å². The van der Waals surface area contributed by atoms with Crippen LogP contribution in [0.1, 0.15) is 108 Å². The van der Waals surface area contributed by atoms with E-state index in [-0.39, 0.29) is 24.0 Å². The Labute approximate surface area is 321 Å². The number of Topliss-reactive ketones (excluding diaryl/α,β-unsaturated/α-hetero) is 1. The van der Waals surface area contributed by atoms with E-state index in [2.05, 4.69) is 6.92 Å². The third-order valence-electron chi connectivity index (χ3n) is 12.8. The van der Waals surface area contributed by atoms with Gasteiger partial charge in [0, 0.05) is 11.3 Å². The molecule has 54 heavy (non-hydrogen) atoms. The zero-order valence-electron chi connectivity index (χ0n) is 33.9. The predicted octanol–water partition coefficient (Wildman–Crippen LogP) is 3.78. The normalized spacial score (nSPS) is 43.0. The number of fused-ring (bicyclic) bond motifs is 1. The summed E-state index contributed by atoms with van der Waals surface area (Å²) < 4.78 is 23.9. The van der Waals surface area contributed by atoms with Crippen LogP contribution in [0.2, 0.25) is 0 Å². The van der Waals surface area contributed by atoms with E-state index in [0.29, 0.717) is 18.4 Å². The average Bonchev–Trinajstić information content (AvgIpc) is 3.53. The van der Waals surface area contributed by atoms with Gasteiger partial charge in [-0.25, -0.2) is 0 Å². The molecule has 17 atom stereocenters. The van der Waals surface area contributed by atoms with E-state index in [0.717, 1.165) is 36.0 Å². The first-order chi connectivity index (χ1) is 25.1. The Hall–Kier alpha value is -1.81. The second-order valence-electron chi connectivity index (χ2n) is 17.2. The molecule has 4 fully saturated rings. The molecule has 0 spiro atoms. The van der Waals surface area contributed by atoms with E-state index in [1.807, 2.05) is 72.8 Å². The van der Waals surface area contributed by atoms with E-state index in [4.69, 9.17) is 18.9 Å². The third-order valence-corrected chi connectivity index (χ3v) is 12.8. The Bertz CT molecular complexity index is 1420. The Morgan fingerprint density at radius 1 is 0.815 bits per heavy atom. The fourth-order valence-electron chi connectivity index (χ4n) is 8.98. The number of ether oxygens (including phenoxy) is 4. The van der Waals surface area contributed by atoms with Gasteiger partial charge in [0.2, 0.25) is 0 Å². The van der Waals surface area contributed by atoms with Crippen LogP contribution in [0.3, 0.4) is 0 Å². The summed E-state index contributed by atoms with van der Waals surface area (Å²) in [5.74, 6) is -1.17. The molecule has 2 unspecified atom stereocenters. The number of hydrogen-bond acceptors (Lipinski definition) is 12. The first-order valence-corrected chi connectivity index (χ1v) is 19.7. The van der Waals surface area contributed by atoms with Crippen molar-refractivity contribution in [1.29, 1.82) is 0 Å². The Kier molecular flexibility index (Phi) is 15.1. The minimum absolute atomic E-state index is 0.0163. The lowest BCUT2D eigenvalue weighted by molar-refractivity contribution is -0.354. The lowest BCUT2D eigenvalue weighted by atomic mass is 9.51. The minimum Gasteiger partial charge on any atom is -0.388 e. The molecule has 0 aromatic rings.